The van der Waals surface area contributed by atoms with Crippen LogP contribution in [0.4, 0.5) is 0 Å². The van der Waals surface area contributed by atoms with Gasteiger partial charge in [-0.05, 0) is 17.7 Å². The van der Waals surface area contributed by atoms with Crippen molar-refractivity contribution >= 4 is 20.0 Å². The normalized spacial score (nSPS) is 26.8. The standard InChI is InChI=1S/C21H28O7Si/c1-13(22)26-12-17-21(27-14(2)23)19(25)18(24)20(28-17)16-8-6-15(7-9-16)10-11-29(3,4)5/h6-9,17-21,24-25H,12H2,1-5H3/t17-,18+,19-,20-,21-/m1/s1. The number of carbonyl (C=O) groups excluding carboxylic acids is 2. The Bertz CT molecular complexity index is 788. The van der Waals surface area contributed by atoms with E-state index in [1.165, 1.54) is 13.8 Å². The Balaban J connectivity index is 2.24. The number of ether oxygens (including phenoxy) is 3. The van der Waals surface area contributed by atoms with Crippen LogP contribution in [0, 0.1) is 11.5 Å². The van der Waals surface area contributed by atoms with Crippen LogP contribution >= 0.6 is 0 Å². The lowest BCUT2D eigenvalue weighted by Crippen LogP contribution is -2.57. The minimum atomic E-state index is -1.50. The maximum absolute atomic E-state index is 11.4. The highest BCUT2D eigenvalue weighted by atomic mass is 28.3. The van der Waals surface area contributed by atoms with E-state index in [9.17, 15) is 19.8 Å². The third-order valence-electron chi connectivity index (χ3n) is 4.26. The number of carbonyl (C=O) groups is 2. The molecule has 158 valence electrons. The van der Waals surface area contributed by atoms with E-state index in [-0.39, 0.29) is 6.61 Å². The van der Waals surface area contributed by atoms with E-state index in [0.29, 0.717) is 5.56 Å². The molecular weight excluding hydrogens is 392 g/mol. The quantitative estimate of drug-likeness (QED) is 0.433. The van der Waals surface area contributed by atoms with Gasteiger partial charge in [0, 0.05) is 19.4 Å². The molecule has 0 aromatic heterocycles. The van der Waals surface area contributed by atoms with Crippen molar-refractivity contribution in [3.05, 3.63) is 35.4 Å². The monoisotopic (exact) mass is 420 g/mol. The Morgan fingerprint density at radius 3 is 2.21 bits per heavy atom. The molecule has 1 aromatic rings. The van der Waals surface area contributed by atoms with E-state index in [4.69, 9.17) is 14.2 Å². The topological polar surface area (TPSA) is 102 Å². The maximum atomic E-state index is 11.4. The van der Waals surface area contributed by atoms with Gasteiger partial charge in [0.15, 0.2) is 6.10 Å². The van der Waals surface area contributed by atoms with Gasteiger partial charge >= 0.3 is 11.9 Å². The van der Waals surface area contributed by atoms with Crippen molar-refractivity contribution < 1.29 is 34.0 Å². The fourth-order valence-corrected chi connectivity index (χ4v) is 3.42. The average Bonchev–Trinajstić information content (AvgIpc) is 2.63. The molecule has 0 radical (unpaired) electrons. The number of aliphatic hydroxyl groups excluding tert-OH is 2. The fraction of sp³-hybridized carbons (Fsp3) is 0.524. The van der Waals surface area contributed by atoms with Crippen LogP contribution in [-0.4, -0.2) is 61.2 Å². The molecule has 0 bridgehead atoms. The summed E-state index contributed by atoms with van der Waals surface area (Å²) < 4.78 is 16.0. The lowest BCUT2D eigenvalue weighted by atomic mass is 9.90. The van der Waals surface area contributed by atoms with Gasteiger partial charge in [-0.25, -0.2) is 0 Å². The Kier molecular flexibility index (Phi) is 7.60. The zero-order valence-corrected chi connectivity index (χ0v) is 18.3. The van der Waals surface area contributed by atoms with Gasteiger partial charge in [-0.3, -0.25) is 9.59 Å². The molecule has 2 rings (SSSR count). The highest BCUT2D eigenvalue weighted by molar-refractivity contribution is 6.83. The van der Waals surface area contributed by atoms with E-state index < -0.39 is 50.5 Å². The predicted molar refractivity (Wildman–Crippen MR) is 108 cm³/mol. The molecule has 1 heterocycles. The van der Waals surface area contributed by atoms with Crippen molar-refractivity contribution in [3.8, 4) is 11.5 Å². The molecule has 7 nitrogen and oxygen atoms in total. The summed E-state index contributed by atoms with van der Waals surface area (Å²) in [5.74, 6) is 1.98. The largest absolute Gasteiger partial charge is 0.463 e. The van der Waals surface area contributed by atoms with Gasteiger partial charge in [0.1, 0.15) is 39.1 Å². The molecule has 0 unspecified atom stereocenters. The molecule has 1 aliphatic rings. The number of hydrogen-bond acceptors (Lipinski definition) is 7. The Labute approximate surface area is 172 Å². The molecule has 0 spiro atoms. The molecule has 1 aromatic carbocycles. The van der Waals surface area contributed by atoms with Crippen LogP contribution in [0.25, 0.3) is 0 Å². The van der Waals surface area contributed by atoms with Crippen molar-refractivity contribution in [1.29, 1.82) is 0 Å². The number of rotatable bonds is 4. The molecule has 2 N–H and O–H groups in total. The van der Waals surface area contributed by atoms with E-state index >= 15 is 0 Å². The lowest BCUT2D eigenvalue weighted by Gasteiger charge is -2.42. The van der Waals surface area contributed by atoms with E-state index in [2.05, 4.69) is 31.1 Å². The van der Waals surface area contributed by atoms with Crippen molar-refractivity contribution in [2.75, 3.05) is 6.61 Å². The van der Waals surface area contributed by atoms with Gasteiger partial charge in [-0.1, -0.05) is 37.7 Å². The summed E-state index contributed by atoms with van der Waals surface area (Å²) in [6.45, 7) is 8.69. The van der Waals surface area contributed by atoms with Crippen molar-refractivity contribution in [1.82, 2.24) is 0 Å². The van der Waals surface area contributed by atoms with Crippen LogP contribution in [0.3, 0.4) is 0 Å². The van der Waals surface area contributed by atoms with Gasteiger partial charge in [-0.2, -0.15) is 0 Å². The first-order valence-electron chi connectivity index (χ1n) is 9.43. The van der Waals surface area contributed by atoms with Crippen molar-refractivity contribution in [3.63, 3.8) is 0 Å². The zero-order chi connectivity index (χ0) is 21.8. The number of aliphatic hydroxyl groups is 2. The van der Waals surface area contributed by atoms with E-state index in [1.807, 2.05) is 12.1 Å². The first-order chi connectivity index (χ1) is 13.5. The second-order valence-corrected chi connectivity index (χ2v) is 12.8. The fourth-order valence-electron chi connectivity index (χ4n) is 2.90. The van der Waals surface area contributed by atoms with E-state index in [1.54, 1.807) is 12.1 Å². The molecular formula is C21H28O7Si. The highest BCUT2D eigenvalue weighted by Crippen LogP contribution is 2.34. The molecule has 1 fully saturated rings. The summed E-state index contributed by atoms with van der Waals surface area (Å²) in [6, 6.07) is 7.18. The predicted octanol–water partition coefficient (Wildman–Crippen LogP) is 1.57. The first-order valence-corrected chi connectivity index (χ1v) is 12.9. The van der Waals surface area contributed by atoms with Crippen LogP contribution in [0.5, 0.6) is 0 Å². The van der Waals surface area contributed by atoms with Crippen LogP contribution in [-0.2, 0) is 23.8 Å². The summed E-state index contributed by atoms with van der Waals surface area (Å²) >= 11 is 0. The molecule has 0 saturated carbocycles. The van der Waals surface area contributed by atoms with Crippen molar-refractivity contribution in [2.24, 2.45) is 0 Å². The van der Waals surface area contributed by atoms with Crippen molar-refractivity contribution in [2.45, 2.75) is 64.0 Å². The summed E-state index contributed by atoms with van der Waals surface area (Å²) in [5.41, 5.74) is 4.76. The van der Waals surface area contributed by atoms with Gasteiger partial charge in [0.05, 0.1) is 0 Å². The van der Waals surface area contributed by atoms with Gasteiger partial charge in [0.2, 0.25) is 0 Å². The molecule has 1 saturated heterocycles. The third-order valence-corrected chi connectivity index (χ3v) is 5.13. The second kappa shape index (κ2) is 9.54. The summed E-state index contributed by atoms with van der Waals surface area (Å²) in [4.78, 5) is 22.6. The molecule has 0 amide bonds. The lowest BCUT2D eigenvalue weighted by molar-refractivity contribution is -0.242. The molecule has 0 aliphatic carbocycles. The third kappa shape index (κ3) is 6.68. The summed E-state index contributed by atoms with van der Waals surface area (Å²) in [6.07, 6.45) is -5.68. The maximum Gasteiger partial charge on any atom is 0.303 e. The minimum Gasteiger partial charge on any atom is -0.463 e. The van der Waals surface area contributed by atoms with Gasteiger partial charge in [-0.15, -0.1) is 5.54 Å². The Hall–Kier alpha value is -2.18. The number of hydrogen-bond donors (Lipinski definition) is 2. The second-order valence-electron chi connectivity index (χ2n) is 8.07. The van der Waals surface area contributed by atoms with E-state index in [0.717, 1.165) is 5.56 Å². The Morgan fingerprint density at radius 2 is 1.69 bits per heavy atom. The molecule has 29 heavy (non-hydrogen) atoms. The minimum absolute atomic E-state index is 0.215. The average molecular weight is 421 g/mol. The zero-order valence-electron chi connectivity index (χ0n) is 17.3. The molecule has 8 heteroatoms. The van der Waals surface area contributed by atoms with Crippen LogP contribution < -0.4 is 0 Å². The summed E-state index contributed by atoms with van der Waals surface area (Å²) in [5, 5.41) is 21.1. The summed E-state index contributed by atoms with van der Waals surface area (Å²) in [7, 11) is -1.50. The van der Waals surface area contributed by atoms with Crippen LogP contribution in [0.2, 0.25) is 19.6 Å². The highest BCUT2D eigenvalue weighted by Gasteiger charge is 2.47. The smallest absolute Gasteiger partial charge is 0.303 e. The number of esters is 2. The Morgan fingerprint density at radius 1 is 1.07 bits per heavy atom. The molecule has 5 atom stereocenters. The van der Waals surface area contributed by atoms with Gasteiger partial charge in [0.25, 0.3) is 0 Å². The van der Waals surface area contributed by atoms with Gasteiger partial charge < -0.3 is 24.4 Å². The number of benzene rings is 1. The first kappa shape index (κ1) is 23.1. The molecule has 1 aliphatic heterocycles. The van der Waals surface area contributed by atoms with Crippen LogP contribution in [0.1, 0.15) is 31.1 Å². The SMILES string of the molecule is CC(=O)OC[C@H]1O[C@H](c2ccc(C#C[Si](C)(C)C)cc2)[C@@H](O)[C@@H](O)[C@@H]1OC(C)=O. The van der Waals surface area contributed by atoms with Crippen LogP contribution in [0.15, 0.2) is 24.3 Å².